The van der Waals surface area contributed by atoms with Crippen LogP contribution in [-0.2, 0) is 37.5 Å². The number of carbonyl (C=O) groups is 1. The van der Waals surface area contributed by atoms with Gasteiger partial charge in [-0.15, -0.1) is 6.42 Å². The number of hydrogen-bond donors (Lipinski definition) is 1. The van der Waals surface area contributed by atoms with Crippen molar-refractivity contribution in [2.24, 2.45) is 4.99 Å². The van der Waals surface area contributed by atoms with Gasteiger partial charge in [-0.25, -0.2) is 0 Å². The summed E-state index contributed by atoms with van der Waals surface area (Å²) >= 11 is 0. The molecular formula is C12H24N2OY-2. The number of aliphatic imine (C=N–C) groups is 1. The standard InChI is InChI=1S/C4H8NO.C4H6N.C4H10.Y/c1-3-4(6)5-2;1-2-4-5-3-1;1-3-4-2;/h1,3H2,2H3,(H,5,6);1-3H2;3-4H2,1-2H3;/q2*-1;;. The van der Waals surface area contributed by atoms with Gasteiger partial charge in [0.1, 0.15) is 0 Å². The summed E-state index contributed by atoms with van der Waals surface area (Å²) in [6, 6.07) is 0. The van der Waals surface area contributed by atoms with Crippen molar-refractivity contribution in [1.82, 2.24) is 5.32 Å². The zero-order chi connectivity index (χ0) is 11.9. The van der Waals surface area contributed by atoms with Crippen LogP contribution in [0.15, 0.2) is 4.99 Å². The van der Waals surface area contributed by atoms with Gasteiger partial charge in [0.2, 0.25) is 0 Å². The molecule has 1 rings (SSSR count). The first-order valence-corrected chi connectivity index (χ1v) is 5.62. The molecule has 0 saturated heterocycles. The summed E-state index contributed by atoms with van der Waals surface area (Å²) in [5.74, 6) is -0.0185. The van der Waals surface area contributed by atoms with Gasteiger partial charge in [0.05, 0.1) is 0 Å². The van der Waals surface area contributed by atoms with Crippen molar-refractivity contribution in [3.63, 3.8) is 0 Å². The molecule has 0 saturated carbocycles. The molecule has 0 aliphatic carbocycles. The Morgan fingerprint density at radius 2 is 2.00 bits per heavy atom. The van der Waals surface area contributed by atoms with Gasteiger partial charge in [-0.1, -0.05) is 33.1 Å². The number of hydrogen-bond acceptors (Lipinski definition) is 2. The zero-order valence-electron chi connectivity index (χ0n) is 10.9. The summed E-state index contributed by atoms with van der Waals surface area (Å²) in [5, 5.41) is 2.41. The Bertz CT molecular complexity index is 147. The van der Waals surface area contributed by atoms with Crippen LogP contribution in [0.1, 0.15) is 46.0 Å². The minimum Gasteiger partial charge on any atom is -0.503 e. The molecule has 1 N–H and O–H groups in total. The Morgan fingerprint density at radius 3 is 2.06 bits per heavy atom. The van der Waals surface area contributed by atoms with Gasteiger partial charge < -0.3 is 23.4 Å². The Labute approximate surface area is 126 Å². The normalized spacial score (nSPS) is 11.2. The summed E-state index contributed by atoms with van der Waals surface area (Å²) < 4.78 is 0. The fourth-order valence-electron chi connectivity index (χ4n) is 0.520. The third kappa shape index (κ3) is 23.8. The molecule has 1 radical (unpaired) electrons. The van der Waals surface area contributed by atoms with Crippen LogP contribution in [0.5, 0.6) is 0 Å². The van der Waals surface area contributed by atoms with E-state index in [1.807, 2.05) is 0 Å². The van der Waals surface area contributed by atoms with Crippen LogP contribution in [0, 0.1) is 6.92 Å². The van der Waals surface area contributed by atoms with E-state index in [0.717, 1.165) is 13.0 Å². The molecule has 16 heavy (non-hydrogen) atoms. The number of unbranched alkanes of at least 4 members (excludes halogenated alkanes) is 1. The van der Waals surface area contributed by atoms with E-state index < -0.39 is 0 Å². The van der Waals surface area contributed by atoms with Gasteiger partial charge in [0.15, 0.2) is 5.91 Å². The van der Waals surface area contributed by atoms with Crippen LogP contribution in [0.4, 0.5) is 0 Å². The SMILES string of the molecule is CCCC.[C-]1=NCCC1.[CH2-]CC(=O)NC.[Y]. The maximum Gasteiger partial charge on any atom is 0.189 e. The second-order valence-electron chi connectivity index (χ2n) is 3.07. The summed E-state index contributed by atoms with van der Waals surface area (Å²) in [6.07, 6.45) is 8.12. The van der Waals surface area contributed by atoms with E-state index >= 15 is 0 Å². The first kappa shape index (κ1) is 21.5. The quantitative estimate of drug-likeness (QED) is 0.782. The Kier molecular flexibility index (Phi) is 27.7. The fourth-order valence-corrected chi connectivity index (χ4v) is 0.520. The molecule has 1 aliphatic heterocycles. The number of rotatable bonds is 2. The molecule has 0 fully saturated rings. The molecule has 1 amide bonds. The molecule has 3 nitrogen and oxygen atoms in total. The average Bonchev–Trinajstić information content (AvgIpc) is 2.87. The van der Waals surface area contributed by atoms with Gasteiger partial charge in [-0.3, -0.25) is 4.79 Å². The van der Waals surface area contributed by atoms with E-state index in [1.165, 1.54) is 19.3 Å². The third-order valence-electron chi connectivity index (χ3n) is 1.68. The van der Waals surface area contributed by atoms with Crippen LogP contribution in [0.3, 0.4) is 0 Å². The maximum absolute atomic E-state index is 10.0. The van der Waals surface area contributed by atoms with Gasteiger partial charge in [-0.2, -0.15) is 6.42 Å². The van der Waals surface area contributed by atoms with Crippen LogP contribution in [0.25, 0.3) is 0 Å². The average molecular weight is 301 g/mol. The van der Waals surface area contributed by atoms with Crippen molar-refractivity contribution < 1.29 is 37.5 Å². The molecule has 93 valence electrons. The number of carbonyl (C=O) groups excluding carboxylic acids is 1. The molecule has 0 aromatic rings. The molecule has 1 aliphatic rings. The summed E-state index contributed by atoms with van der Waals surface area (Å²) in [4.78, 5) is 13.8. The topological polar surface area (TPSA) is 41.5 Å². The fraction of sp³-hybridized carbons (Fsp3) is 0.750. The van der Waals surface area contributed by atoms with E-state index in [1.54, 1.807) is 7.05 Å². The maximum atomic E-state index is 10.0. The zero-order valence-corrected chi connectivity index (χ0v) is 13.7. The van der Waals surface area contributed by atoms with Crippen molar-refractivity contribution in [3.05, 3.63) is 6.92 Å². The van der Waals surface area contributed by atoms with Gasteiger partial charge in [0.25, 0.3) is 0 Å². The van der Waals surface area contributed by atoms with E-state index in [0.29, 0.717) is 6.42 Å². The van der Waals surface area contributed by atoms with Crippen LogP contribution in [0.2, 0.25) is 0 Å². The molecular weight excluding hydrogens is 277 g/mol. The van der Waals surface area contributed by atoms with Crippen LogP contribution >= 0.6 is 0 Å². The number of amides is 1. The number of nitrogens with zero attached hydrogens (tertiary/aromatic N) is 1. The van der Waals surface area contributed by atoms with Crippen molar-refractivity contribution in [3.8, 4) is 0 Å². The molecule has 0 unspecified atom stereocenters. The van der Waals surface area contributed by atoms with Crippen molar-refractivity contribution >= 4 is 12.1 Å². The summed E-state index contributed by atoms with van der Waals surface area (Å²) in [7, 11) is 1.59. The molecule has 4 heteroatoms. The largest absolute Gasteiger partial charge is 0.503 e. The summed E-state index contributed by atoms with van der Waals surface area (Å²) in [5.41, 5.74) is 0. The van der Waals surface area contributed by atoms with E-state index in [4.69, 9.17) is 0 Å². The summed E-state index contributed by atoms with van der Waals surface area (Å²) in [6.45, 7) is 8.72. The van der Waals surface area contributed by atoms with Crippen LogP contribution in [-0.4, -0.2) is 25.7 Å². The Balaban J connectivity index is -0.000000157. The predicted octanol–water partition coefficient (Wildman–Crippen LogP) is 2.49. The second-order valence-corrected chi connectivity index (χ2v) is 3.07. The van der Waals surface area contributed by atoms with E-state index in [2.05, 4.69) is 37.3 Å². The molecule has 0 bridgehead atoms. The molecule has 1 heterocycles. The molecule has 0 aromatic heterocycles. The minimum absolute atomic E-state index is 0. The van der Waals surface area contributed by atoms with E-state index in [-0.39, 0.29) is 38.6 Å². The third-order valence-corrected chi connectivity index (χ3v) is 1.68. The Morgan fingerprint density at radius 1 is 1.44 bits per heavy atom. The van der Waals surface area contributed by atoms with Gasteiger partial charge >= 0.3 is 0 Å². The van der Waals surface area contributed by atoms with Gasteiger partial charge in [0, 0.05) is 39.8 Å². The molecule has 0 aromatic carbocycles. The predicted molar refractivity (Wildman–Crippen MR) is 66.2 cm³/mol. The van der Waals surface area contributed by atoms with Crippen molar-refractivity contribution in [2.45, 2.75) is 46.0 Å². The Hall–Kier alpha value is 0.244. The molecule has 0 atom stereocenters. The van der Waals surface area contributed by atoms with E-state index in [9.17, 15) is 4.79 Å². The van der Waals surface area contributed by atoms with Crippen LogP contribution < -0.4 is 5.32 Å². The van der Waals surface area contributed by atoms with Crippen molar-refractivity contribution in [1.29, 1.82) is 0 Å². The smallest absolute Gasteiger partial charge is 0.189 e. The minimum atomic E-state index is -0.0185. The monoisotopic (exact) mass is 301 g/mol. The number of nitrogens with one attached hydrogen (secondary N) is 1. The molecule has 0 spiro atoms. The second kappa shape index (κ2) is 20.6. The van der Waals surface area contributed by atoms with Gasteiger partial charge in [-0.05, 0) is 6.54 Å². The first-order chi connectivity index (χ1) is 7.22. The first-order valence-electron chi connectivity index (χ1n) is 5.62. The van der Waals surface area contributed by atoms with Crippen molar-refractivity contribution in [2.75, 3.05) is 13.6 Å².